The second-order valence-corrected chi connectivity index (χ2v) is 5.67. The van der Waals surface area contributed by atoms with E-state index in [2.05, 4.69) is 0 Å². The van der Waals surface area contributed by atoms with Crippen LogP contribution in [0.5, 0.6) is 17.2 Å². The summed E-state index contributed by atoms with van der Waals surface area (Å²) in [6.45, 7) is 1.88. The standard InChI is InChI=1S/C20H24O6/c1-5-26-20(22)16(19(21)13-8-6-7-9-13)12-15-17(24-3)10-14(23-2)11-18(15)25-4/h8,10-12H,5-7,9H2,1-4H3/b16-12-. The summed E-state index contributed by atoms with van der Waals surface area (Å²) in [5, 5.41) is 0. The molecule has 0 atom stereocenters. The minimum atomic E-state index is -0.662. The van der Waals surface area contributed by atoms with Gasteiger partial charge in [-0.3, -0.25) is 4.79 Å². The Kier molecular flexibility index (Phi) is 6.83. The first-order valence-electron chi connectivity index (χ1n) is 8.48. The minimum absolute atomic E-state index is 0.0400. The summed E-state index contributed by atoms with van der Waals surface area (Å²) in [5.74, 6) is 0.414. The predicted molar refractivity (Wildman–Crippen MR) is 97.6 cm³/mol. The fourth-order valence-electron chi connectivity index (χ4n) is 2.80. The first-order chi connectivity index (χ1) is 12.5. The molecule has 1 aromatic carbocycles. The minimum Gasteiger partial charge on any atom is -0.496 e. The molecule has 0 radical (unpaired) electrons. The van der Waals surface area contributed by atoms with E-state index >= 15 is 0 Å². The number of ether oxygens (including phenoxy) is 4. The van der Waals surface area contributed by atoms with Crippen LogP contribution < -0.4 is 14.2 Å². The Morgan fingerprint density at radius 3 is 2.19 bits per heavy atom. The molecule has 6 heteroatoms. The maximum atomic E-state index is 12.8. The first-order valence-corrected chi connectivity index (χ1v) is 8.48. The molecule has 0 spiro atoms. The Bertz CT molecular complexity index is 720. The molecule has 0 aliphatic heterocycles. The van der Waals surface area contributed by atoms with Crippen LogP contribution in [-0.2, 0) is 14.3 Å². The fraction of sp³-hybridized carbons (Fsp3) is 0.400. The molecule has 0 amide bonds. The van der Waals surface area contributed by atoms with Crippen LogP contribution >= 0.6 is 0 Å². The molecule has 6 nitrogen and oxygen atoms in total. The monoisotopic (exact) mass is 360 g/mol. The van der Waals surface area contributed by atoms with E-state index in [1.54, 1.807) is 19.1 Å². The number of benzene rings is 1. The number of carbonyl (C=O) groups excluding carboxylic acids is 2. The maximum absolute atomic E-state index is 12.8. The number of allylic oxidation sites excluding steroid dienone is 2. The predicted octanol–water partition coefficient (Wildman–Crippen LogP) is 3.34. The van der Waals surface area contributed by atoms with Crippen molar-refractivity contribution >= 4 is 17.8 Å². The highest BCUT2D eigenvalue weighted by Crippen LogP contribution is 2.36. The van der Waals surface area contributed by atoms with Crippen molar-refractivity contribution < 1.29 is 28.5 Å². The van der Waals surface area contributed by atoms with Gasteiger partial charge in [0.2, 0.25) is 0 Å². The number of hydrogen-bond donors (Lipinski definition) is 0. The van der Waals surface area contributed by atoms with Crippen LogP contribution in [0.1, 0.15) is 31.7 Å². The van der Waals surface area contributed by atoms with Gasteiger partial charge in [-0.15, -0.1) is 0 Å². The van der Waals surface area contributed by atoms with Gasteiger partial charge >= 0.3 is 5.97 Å². The van der Waals surface area contributed by atoms with Crippen molar-refractivity contribution in [2.24, 2.45) is 0 Å². The average molecular weight is 360 g/mol. The zero-order valence-electron chi connectivity index (χ0n) is 15.6. The largest absolute Gasteiger partial charge is 0.496 e. The Hall–Kier alpha value is -2.76. The van der Waals surface area contributed by atoms with Crippen molar-refractivity contribution in [3.8, 4) is 17.2 Å². The highest BCUT2D eigenvalue weighted by atomic mass is 16.5. The average Bonchev–Trinajstić information content (AvgIpc) is 3.19. The number of Topliss-reactive ketones (excluding diaryl/α,β-unsaturated/α-hetero) is 1. The molecule has 0 fully saturated rings. The molecule has 1 aliphatic carbocycles. The molecule has 0 unspecified atom stereocenters. The normalized spacial score (nSPS) is 13.8. The Morgan fingerprint density at radius 1 is 1.08 bits per heavy atom. The van der Waals surface area contributed by atoms with E-state index < -0.39 is 5.97 Å². The van der Waals surface area contributed by atoms with Crippen molar-refractivity contribution in [3.63, 3.8) is 0 Å². The van der Waals surface area contributed by atoms with Crippen LogP contribution in [0.4, 0.5) is 0 Å². The van der Waals surface area contributed by atoms with Gasteiger partial charge < -0.3 is 18.9 Å². The third kappa shape index (κ3) is 4.25. The molecule has 0 aromatic heterocycles. The smallest absolute Gasteiger partial charge is 0.342 e. The van der Waals surface area contributed by atoms with Gasteiger partial charge in [-0.2, -0.15) is 0 Å². The summed E-state index contributed by atoms with van der Waals surface area (Å²) in [6.07, 6.45) is 5.75. The molecular formula is C20H24O6. The summed E-state index contributed by atoms with van der Waals surface area (Å²) >= 11 is 0. The number of esters is 1. The second kappa shape index (κ2) is 9.08. The molecule has 0 saturated heterocycles. The number of hydrogen-bond acceptors (Lipinski definition) is 6. The maximum Gasteiger partial charge on any atom is 0.342 e. The van der Waals surface area contributed by atoms with Gasteiger partial charge in [0, 0.05) is 12.1 Å². The topological polar surface area (TPSA) is 71.1 Å². The second-order valence-electron chi connectivity index (χ2n) is 5.67. The molecule has 1 aromatic rings. The van der Waals surface area contributed by atoms with Gasteiger partial charge in [0.05, 0.1) is 33.5 Å². The lowest BCUT2D eigenvalue weighted by molar-refractivity contribution is -0.139. The zero-order chi connectivity index (χ0) is 19.1. The van der Waals surface area contributed by atoms with E-state index in [9.17, 15) is 9.59 Å². The molecule has 1 aliphatic rings. The zero-order valence-corrected chi connectivity index (χ0v) is 15.6. The lowest BCUT2D eigenvalue weighted by Crippen LogP contribution is -2.17. The van der Waals surface area contributed by atoms with E-state index in [4.69, 9.17) is 18.9 Å². The van der Waals surface area contributed by atoms with Crippen molar-refractivity contribution in [3.05, 3.63) is 34.9 Å². The summed E-state index contributed by atoms with van der Waals surface area (Å²) in [5.41, 5.74) is 1.07. The highest BCUT2D eigenvalue weighted by molar-refractivity contribution is 6.27. The molecule has 0 saturated carbocycles. The third-order valence-corrected chi connectivity index (χ3v) is 4.11. The van der Waals surface area contributed by atoms with Gasteiger partial charge in [0.25, 0.3) is 0 Å². The lowest BCUT2D eigenvalue weighted by atomic mass is 9.99. The van der Waals surface area contributed by atoms with Crippen LogP contribution in [0.15, 0.2) is 29.4 Å². The SMILES string of the molecule is CCOC(=O)/C(=C\c1c(OC)cc(OC)cc1OC)C(=O)C1=CCCC1. The van der Waals surface area contributed by atoms with Crippen LogP contribution in [0.25, 0.3) is 6.08 Å². The lowest BCUT2D eigenvalue weighted by Gasteiger charge is -2.14. The molecule has 0 bridgehead atoms. The molecular weight excluding hydrogens is 336 g/mol. The van der Waals surface area contributed by atoms with Crippen molar-refractivity contribution in [2.75, 3.05) is 27.9 Å². The quantitative estimate of drug-likeness (QED) is 0.306. The van der Waals surface area contributed by atoms with Crippen molar-refractivity contribution in [2.45, 2.75) is 26.2 Å². The van der Waals surface area contributed by atoms with Crippen LogP contribution in [-0.4, -0.2) is 39.7 Å². The van der Waals surface area contributed by atoms with E-state index in [1.165, 1.54) is 27.4 Å². The fourth-order valence-corrected chi connectivity index (χ4v) is 2.80. The van der Waals surface area contributed by atoms with Crippen LogP contribution in [0, 0.1) is 0 Å². The number of ketones is 1. The molecule has 0 N–H and O–H groups in total. The molecule has 140 valence electrons. The van der Waals surface area contributed by atoms with E-state index in [0.717, 1.165) is 12.8 Å². The third-order valence-electron chi connectivity index (χ3n) is 4.11. The van der Waals surface area contributed by atoms with Gasteiger partial charge in [-0.25, -0.2) is 4.79 Å². The first kappa shape index (κ1) is 19.6. The van der Waals surface area contributed by atoms with Crippen molar-refractivity contribution in [1.29, 1.82) is 0 Å². The van der Waals surface area contributed by atoms with E-state index in [0.29, 0.717) is 34.8 Å². The molecule has 26 heavy (non-hydrogen) atoms. The highest BCUT2D eigenvalue weighted by Gasteiger charge is 2.26. The van der Waals surface area contributed by atoms with Gasteiger partial charge in [0.1, 0.15) is 22.8 Å². The summed E-state index contributed by atoms with van der Waals surface area (Å²) in [7, 11) is 4.53. The molecule has 2 rings (SSSR count). The van der Waals surface area contributed by atoms with E-state index in [1.807, 2.05) is 6.08 Å². The number of methoxy groups -OCH3 is 3. The Morgan fingerprint density at radius 2 is 1.73 bits per heavy atom. The number of rotatable bonds is 8. The Balaban J connectivity index is 2.58. The van der Waals surface area contributed by atoms with Gasteiger partial charge in [-0.1, -0.05) is 6.08 Å². The summed E-state index contributed by atoms with van der Waals surface area (Å²) in [4.78, 5) is 25.3. The van der Waals surface area contributed by atoms with Crippen molar-refractivity contribution in [1.82, 2.24) is 0 Å². The van der Waals surface area contributed by atoms with Crippen LogP contribution in [0.2, 0.25) is 0 Å². The van der Waals surface area contributed by atoms with Gasteiger partial charge in [0.15, 0.2) is 5.78 Å². The summed E-state index contributed by atoms with van der Waals surface area (Å²) < 4.78 is 21.1. The van der Waals surface area contributed by atoms with E-state index in [-0.39, 0.29) is 18.0 Å². The molecule has 0 heterocycles. The number of carbonyl (C=O) groups is 2. The van der Waals surface area contributed by atoms with Crippen LogP contribution in [0.3, 0.4) is 0 Å². The summed E-state index contributed by atoms with van der Waals surface area (Å²) in [6, 6.07) is 3.33. The van der Waals surface area contributed by atoms with Gasteiger partial charge in [-0.05, 0) is 37.8 Å². The Labute approximate surface area is 153 Å².